The van der Waals surface area contributed by atoms with Crippen molar-refractivity contribution in [1.82, 2.24) is 5.43 Å². The molecule has 1 amide bonds. The molecule has 0 fully saturated rings. The van der Waals surface area contributed by atoms with Crippen molar-refractivity contribution in [1.29, 1.82) is 0 Å². The SMILES string of the molecule is COc1ccc(/C=N\NC(=O)CN(c2ccc(I)cc2)S(C)(=O)=O)cc1[N+](=O)[O-]. The summed E-state index contributed by atoms with van der Waals surface area (Å²) in [6.45, 7) is -0.473. The number of sulfonamides is 1. The molecule has 2 aromatic carbocycles. The van der Waals surface area contributed by atoms with E-state index in [2.05, 4.69) is 33.1 Å². The molecular weight excluding hydrogens is 515 g/mol. The lowest BCUT2D eigenvalue weighted by molar-refractivity contribution is -0.385. The summed E-state index contributed by atoms with van der Waals surface area (Å²) in [4.78, 5) is 22.6. The van der Waals surface area contributed by atoms with Crippen molar-refractivity contribution in [2.45, 2.75) is 0 Å². The number of benzene rings is 2. The van der Waals surface area contributed by atoms with E-state index in [0.29, 0.717) is 11.3 Å². The fourth-order valence-electron chi connectivity index (χ4n) is 2.28. The summed E-state index contributed by atoms with van der Waals surface area (Å²) < 4.78 is 30.9. The molecule has 2 aromatic rings. The predicted octanol–water partition coefficient (Wildman–Crippen LogP) is 2.12. The van der Waals surface area contributed by atoms with Crippen molar-refractivity contribution in [3.63, 3.8) is 0 Å². The first kappa shape index (κ1) is 22.5. The van der Waals surface area contributed by atoms with Gasteiger partial charge in [0, 0.05) is 15.2 Å². The topological polar surface area (TPSA) is 131 Å². The fraction of sp³-hybridized carbons (Fsp3) is 0.176. The van der Waals surface area contributed by atoms with E-state index in [1.807, 2.05) is 0 Å². The van der Waals surface area contributed by atoms with Gasteiger partial charge in [-0.05, 0) is 59.0 Å². The highest BCUT2D eigenvalue weighted by molar-refractivity contribution is 14.1. The van der Waals surface area contributed by atoms with Crippen LogP contribution in [0.15, 0.2) is 47.6 Å². The van der Waals surface area contributed by atoms with E-state index in [1.165, 1.54) is 31.5 Å². The quantitative estimate of drug-likeness (QED) is 0.240. The molecule has 0 bridgehead atoms. The molecule has 0 heterocycles. The molecule has 0 unspecified atom stereocenters. The average Bonchev–Trinajstić information content (AvgIpc) is 2.66. The number of hydrazone groups is 1. The Bertz CT molecular complexity index is 1040. The number of amides is 1. The number of rotatable bonds is 8. The van der Waals surface area contributed by atoms with Crippen LogP contribution >= 0.6 is 22.6 Å². The van der Waals surface area contributed by atoms with Gasteiger partial charge in [-0.15, -0.1) is 0 Å². The van der Waals surface area contributed by atoms with E-state index in [0.717, 1.165) is 14.1 Å². The Hall–Kier alpha value is -2.74. The third kappa shape index (κ3) is 6.39. The van der Waals surface area contributed by atoms with Crippen LogP contribution in [0.2, 0.25) is 0 Å². The number of nitrogens with zero attached hydrogens (tertiary/aromatic N) is 3. The van der Waals surface area contributed by atoms with Gasteiger partial charge < -0.3 is 4.74 Å². The molecule has 0 aliphatic carbocycles. The number of anilines is 1. The summed E-state index contributed by atoms with van der Waals surface area (Å²) >= 11 is 2.08. The molecule has 1 N–H and O–H groups in total. The minimum atomic E-state index is -3.70. The average molecular weight is 532 g/mol. The van der Waals surface area contributed by atoms with Crippen LogP contribution in [0.5, 0.6) is 5.75 Å². The molecule has 12 heteroatoms. The van der Waals surface area contributed by atoms with Crippen LogP contribution in [-0.4, -0.2) is 45.4 Å². The summed E-state index contributed by atoms with van der Waals surface area (Å²) in [7, 11) is -2.38. The smallest absolute Gasteiger partial charge is 0.311 e. The highest BCUT2D eigenvalue weighted by Gasteiger charge is 2.20. The molecule has 29 heavy (non-hydrogen) atoms. The lowest BCUT2D eigenvalue weighted by atomic mass is 10.2. The van der Waals surface area contributed by atoms with Gasteiger partial charge in [0.25, 0.3) is 5.91 Å². The molecule has 10 nitrogen and oxygen atoms in total. The van der Waals surface area contributed by atoms with Gasteiger partial charge in [0.05, 0.1) is 30.2 Å². The molecule has 0 atom stereocenters. The standard InChI is InChI=1S/C17H17IN4O6S/c1-28-16-8-3-12(9-15(16)22(24)25)10-19-20-17(23)11-21(29(2,26)27)14-6-4-13(18)5-7-14/h3-10H,11H2,1-2H3,(H,20,23)/b19-10-. The van der Waals surface area contributed by atoms with Crippen LogP contribution in [0.1, 0.15) is 5.56 Å². The third-order valence-corrected chi connectivity index (χ3v) is 5.46. The maximum absolute atomic E-state index is 12.1. The Morgan fingerprint density at radius 2 is 1.97 bits per heavy atom. The zero-order valence-electron chi connectivity index (χ0n) is 15.4. The largest absolute Gasteiger partial charge is 0.490 e. The molecule has 0 saturated heterocycles. The Labute approximate surface area is 180 Å². The first-order valence-electron chi connectivity index (χ1n) is 7.99. The van der Waals surface area contributed by atoms with Gasteiger partial charge in [0.1, 0.15) is 6.54 Å². The van der Waals surface area contributed by atoms with E-state index < -0.39 is 27.4 Å². The second-order valence-electron chi connectivity index (χ2n) is 5.73. The maximum Gasteiger partial charge on any atom is 0.311 e. The zero-order chi connectivity index (χ0) is 21.6. The van der Waals surface area contributed by atoms with E-state index in [4.69, 9.17) is 4.74 Å². The van der Waals surface area contributed by atoms with Gasteiger partial charge in [-0.3, -0.25) is 19.2 Å². The Balaban J connectivity index is 2.10. The maximum atomic E-state index is 12.1. The molecule has 0 spiro atoms. The van der Waals surface area contributed by atoms with Crippen molar-refractivity contribution >= 4 is 56.1 Å². The second kappa shape index (κ2) is 9.65. The van der Waals surface area contributed by atoms with E-state index in [1.54, 1.807) is 24.3 Å². The summed E-state index contributed by atoms with van der Waals surface area (Å²) in [5.41, 5.74) is 2.67. The number of halogens is 1. The predicted molar refractivity (Wildman–Crippen MR) is 117 cm³/mol. The van der Waals surface area contributed by atoms with Crippen LogP contribution in [0, 0.1) is 13.7 Å². The lowest BCUT2D eigenvalue weighted by Gasteiger charge is -2.21. The molecule has 2 rings (SSSR count). The van der Waals surface area contributed by atoms with Gasteiger partial charge in [-0.25, -0.2) is 13.8 Å². The number of carbonyl (C=O) groups is 1. The van der Waals surface area contributed by atoms with Gasteiger partial charge in [0.2, 0.25) is 10.0 Å². The normalized spacial score (nSPS) is 11.3. The first-order valence-corrected chi connectivity index (χ1v) is 10.9. The van der Waals surface area contributed by atoms with Crippen molar-refractivity contribution in [2.24, 2.45) is 5.10 Å². The number of methoxy groups -OCH3 is 1. The van der Waals surface area contributed by atoms with Crippen LogP contribution in [0.4, 0.5) is 11.4 Å². The van der Waals surface area contributed by atoms with Gasteiger partial charge in [-0.1, -0.05) is 0 Å². The number of hydrogen-bond donors (Lipinski definition) is 1. The van der Waals surface area contributed by atoms with Crippen molar-refractivity contribution < 1.29 is 22.9 Å². The molecule has 154 valence electrons. The van der Waals surface area contributed by atoms with Gasteiger partial charge in [0.15, 0.2) is 5.75 Å². The molecule has 0 aromatic heterocycles. The minimum Gasteiger partial charge on any atom is -0.490 e. The number of nitro groups is 1. The highest BCUT2D eigenvalue weighted by Crippen LogP contribution is 2.26. The molecule has 0 aliphatic heterocycles. The van der Waals surface area contributed by atoms with Crippen molar-refractivity contribution in [3.05, 3.63) is 61.7 Å². The number of ether oxygens (including phenoxy) is 1. The minimum absolute atomic E-state index is 0.0949. The monoisotopic (exact) mass is 532 g/mol. The second-order valence-corrected chi connectivity index (χ2v) is 8.88. The lowest BCUT2D eigenvalue weighted by Crippen LogP contribution is -2.39. The third-order valence-electron chi connectivity index (χ3n) is 3.60. The zero-order valence-corrected chi connectivity index (χ0v) is 18.4. The number of hydrogen-bond acceptors (Lipinski definition) is 7. The van der Waals surface area contributed by atoms with Crippen molar-refractivity contribution in [2.75, 3.05) is 24.2 Å². The summed E-state index contributed by atoms with van der Waals surface area (Å²) in [5.74, 6) is -0.578. The molecule has 0 saturated carbocycles. The van der Waals surface area contributed by atoms with E-state index in [-0.39, 0.29) is 11.4 Å². The summed E-state index contributed by atoms with van der Waals surface area (Å²) in [6, 6.07) is 10.8. The van der Waals surface area contributed by atoms with E-state index >= 15 is 0 Å². The molecule has 0 radical (unpaired) electrons. The summed E-state index contributed by atoms with van der Waals surface area (Å²) in [6.07, 6.45) is 2.21. The number of nitro benzene ring substituents is 1. The van der Waals surface area contributed by atoms with Crippen LogP contribution in [-0.2, 0) is 14.8 Å². The first-order chi connectivity index (χ1) is 13.6. The Morgan fingerprint density at radius 3 is 2.52 bits per heavy atom. The van der Waals surface area contributed by atoms with Crippen LogP contribution in [0.3, 0.4) is 0 Å². The van der Waals surface area contributed by atoms with Crippen LogP contribution in [0.25, 0.3) is 0 Å². The molecule has 0 aliphatic rings. The fourth-order valence-corrected chi connectivity index (χ4v) is 3.50. The van der Waals surface area contributed by atoms with Gasteiger partial charge >= 0.3 is 5.69 Å². The highest BCUT2D eigenvalue weighted by atomic mass is 127. The number of nitrogens with one attached hydrogen (secondary N) is 1. The van der Waals surface area contributed by atoms with Crippen LogP contribution < -0.4 is 14.5 Å². The number of carbonyl (C=O) groups excluding carboxylic acids is 1. The van der Waals surface area contributed by atoms with Gasteiger partial charge in [-0.2, -0.15) is 5.10 Å². The molecular formula is C17H17IN4O6S. The Morgan fingerprint density at radius 1 is 1.31 bits per heavy atom. The van der Waals surface area contributed by atoms with Crippen molar-refractivity contribution in [3.8, 4) is 5.75 Å². The Kier molecular flexibility index (Phi) is 7.50. The summed E-state index contributed by atoms with van der Waals surface area (Å²) in [5, 5.41) is 14.8. The van der Waals surface area contributed by atoms with E-state index in [9.17, 15) is 23.3 Å².